The van der Waals surface area contributed by atoms with Crippen molar-refractivity contribution < 1.29 is 9.90 Å². The summed E-state index contributed by atoms with van der Waals surface area (Å²) in [6.45, 7) is 1.15. The van der Waals surface area contributed by atoms with Gasteiger partial charge in [0.05, 0.1) is 6.34 Å². The molecule has 1 unspecified atom stereocenters. The van der Waals surface area contributed by atoms with Crippen LogP contribution in [-0.4, -0.2) is 35.5 Å². The number of carbonyl (C=O) groups is 1. The van der Waals surface area contributed by atoms with Gasteiger partial charge in [0, 0.05) is 19.0 Å². The molecule has 4 heteroatoms. The van der Waals surface area contributed by atoms with Crippen molar-refractivity contribution in [2.24, 2.45) is 4.99 Å². The Morgan fingerprint density at radius 2 is 2.13 bits per heavy atom. The first-order valence-electron chi connectivity index (χ1n) is 4.82. The van der Waals surface area contributed by atoms with Crippen LogP contribution in [0.5, 0.6) is 0 Å². The van der Waals surface area contributed by atoms with Crippen LogP contribution in [0.15, 0.2) is 35.3 Å². The first kappa shape index (κ1) is 9.71. The minimum atomic E-state index is -0.945. The highest BCUT2D eigenvalue weighted by Gasteiger charge is 2.21. The third-order valence-corrected chi connectivity index (χ3v) is 2.48. The number of hydrogen-bond acceptors (Lipinski definition) is 2. The number of hydrogen-bond donors (Lipinski definition) is 1. The molecular weight excluding hydrogens is 192 g/mol. The fourth-order valence-corrected chi connectivity index (χ4v) is 1.68. The first-order chi connectivity index (χ1) is 7.27. The zero-order valence-electron chi connectivity index (χ0n) is 8.21. The molecule has 2 rings (SSSR count). The van der Waals surface area contributed by atoms with Crippen LogP contribution in [0.25, 0.3) is 0 Å². The summed E-state index contributed by atoms with van der Waals surface area (Å²) in [6, 6.07) is 9.87. The summed E-state index contributed by atoms with van der Waals surface area (Å²) >= 11 is 0. The SMILES string of the molecule is O=C(O)N1C=NCC(c2ccccc2)C1. The zero-order valence-corrected chi connectivity index (χ0v) is 8.21. The molecule has 1 aliphatic rings. The Bertz CT molecular complexity index is 375. The second-order valence-electron chi connectivity index (χ2n) is 3.52. The van der Waals surface area contributed by atoms with Crippen molar-refractivity contribution in [3.63, 3.8) is 0 Å². The van der Waals surface area contributed by atoms with E-state index in [9.17, 15) is 4.79 Å². The summed E-state index contributed by atoms with van der Waals surface area (Å²) in [4.78, 5) is 16.0. The maximum Gasteiger partial charge on any atom is 0.412 e. The van der Waals surface area contributed by atoms with Crippen molar-refractivity contribution in [3.8, 4) is 0 Å². The van der Waals surface area contributed by atoms with Crippen LogP contribution in [0.1, 0.15) is 11.5 Å². The van der Waals surface area contributed by atoms with Crippen LogP contribution >= 0.6 is 0 Å². The highest BCUT2D eigenvalue weighted by Crippen LogP contribution is 2.19. The van der Waals surface area contributed by atoms with Gasteiger partial charge in [-0.25, -0.2) is 4.79 Å². The van der Waals surface area contributed by atoms with Gasteiger partial charge >= 0.3 is 6.09 Å². The molecule has 1 amide bonds. The fourth-order valence-electron chi connectivity index (χ4n) is 1.68. The Hall–Kier alpha value is -1.84. The number of nitrogens with zero attached hydrogens (tertiary/aromatic N) is 2. The molecule has 0 fully saturated rings. The van der Waals surface area contributed by atoms with Crippen LogP contribution < -0.4 is 0 Å². The van der Waals surface area contributed by atoms with E-state index in [2.05, 4.69) is 4.99 Å². The van der Waals surface area contributed by atoms with E-state index in [-0.39, 0.29) is 5.92 Å². The molecule has 0 saturated carbocycles. The number of carboxylic acid groups (broad SMARTS) is 1. The minimum Gasteiger partial charge on any atom is -0.465 e. The molecule has 15 heavy (non-hydrogen) atoms. The van der Waals surface area contributed by atoms with E-state index in [0.29, 0.717) is 13.1 Å². The molecular formula is C11H12N2O2. The van der Waals surface area contributed by atoms with Crippen molar-refractivity contribution in [2.45, 2.75) is 5.92 Å². The van der Waals surface area contributed by atoms with Gasteiger partial charge in [-0.3, -0.25) is 9.89 Å². The molecule has 1 N–H and O–H groups in total. The average molecular weight is 204 g/mol. The first-order valence-corrected chi connectivity index (χ1v) is 4.82. The van der Waals surface area contributed by atoms with Crippen LogP contribution in [-0.2, 0) is 0 Å². The van der Waals surface area contributed by atoms with Gasteiger partial charge in [-0.05, 0) is 5.56 Å². The summed E-state index contributed by atoms with van der Waals surface area (Å²) in [5.74, 6) is 0.173. The third-order valence-electron chi connectivity index (χ3n) is 2.48. The van der Waals surface area contributed by atoms with Gasteiger partial charge in [-0.2, -0.15) is 0 Å². The molecule has 0 bridgehead atoms. The minimum absolute atomic E-state index is 0.173. The highest BCUT2D eigenvalue weighted by atomic mass is 16.4. The quantitative estimate of drug-likeness (QED) is 0.758. The lowest BCUT2D eigenvalue weighted by atomic mass is 9.98. The fraction of sp³-hybridized carbons (Fsp3) is 0.273. The van der Waals surface area contributed by atoms with E-state index in [1.54, 1.807) is 0 Å². The summed E-state index contributed by atoms with van der Waals surface area (Å²) in [5.41, 5.74) is 1.14. The Labute approximate surface area is 87.9 Å². The topological polar surface area (TPSA) is 52.9 Å². The van der Waals surface area contributed by atoms with Crippen molar-refractivity contribution in [1.82, 2.24) is 4.90 Å². The Balaban J connectivity index is 2.14. The average Bonchev–Trinajstić information content (AvgIpc) is 2.30. The molecule has 4 nitrogen and oxygen atoms in total. The van der Waals surface area contributed by atoms with Gasteiger partial charge in [0.15, 0.2) is 0 Å². The van der Waals surface area contributed by atoms with Crippen LogP contribution in [0.3, 0.4) is 0 Å². The predicted molar refractivity (Wildman–Crippen MR) is 57.3 cm³/mol. The van der Waals surface area contributed by atoms with Gasteiger partial charge in [0.2, 0.25) is 0 Å². The van der Waals surface area contributed by atoms with Gasteiger partial charge in [0.1, 0.15) is 0 Å². The normalized spacial score (nSPS) is 20.3. The standard InChI is InChI=1S/C11H12N2O2/c14-11(15)13-7-10(6-12-8-13)9-4-2-1-3-5-9/h1-5,8,10H,6-7H2,(H,14,15). The second-order valence-corrected chi connectivity index (χ2v) is 3.52. The molecule has 1 atom stereocenters. The van der Waals surface area contributed by atoms with E-state index in [0.717, 1.165) is 5.56 Å². The molecule has 1 aliphatic heterocycles. The summed E-state index contributed by atoms with van der Waals surface area (Å²) < 4.78 is 0. The highest BCUT2D eigenvalue weighted by molar-refractivity contribution is 5.81. The van der Waals surface area contributed by atoms with Gasteiger partial charge in [0.25, 0.3) is 0 Å². The molecule has 1 aromatic carbocycles. The van der Waals surface area contributed by atoms with Crippen LogP contribution in [0, 0.1) is 0 Å². The third kappa shape index (κ3) is 2.15. The maximum absolute atomic E-state index is 10.8. The molecule has 0 aromatic heterocycles. The van der Waals surface area contributed by atoms with E-state index in [4.69, 9.17) is 5.11 Å². The Kier molecular flexibility index (Phi) is 2.67. The molecule has 0 aliphatic carbocycles. The molecule has 0 spiro atoms. The summed E-state index contributed by atoms with van der Waals surface area (Å²) in [7, 11) is 0. The Morgan fingerprint density at radius 1 is 1.40 bits per heavy atom. The van der Waals surface area contributed by atoms with Crippen molar-refractivity contribution in [1.29, 1.82) is 0 Å². The van der Waals surface area contributed by atoms with Crippen LogP contribution in [0.4, 0.5) is 4.79 Å². The Morgan fingerprint density at radius 3 is 2.80 bits per heavy atom. The van der Waals surface area contributed by atoms with E-state index < -0.39 is 6.09 Å². The summed E-state index contributed by atoms with van der Waals surface area (Å²) in [6.07, 6.45) is 0.446. The molecule has 78 valence electrons. The smallest absolute Gasteiger partial charge is 0.412 e. The monoisotopic (exact) mass is 204 g/mol. The van der Waals surface area contributed by atoms with Gasteiger partial charge in [-0.15, -0.1) is 0 Å². The summed E-state index contributed by atoms with van der Waals surface area (Å²) in [5, 5.41) is 8.84. The van der Waals surface area contributed by atoms with E-state index in [1.165, 1.54) is 11.2 Å². The zero-order chi connectivity index (χ0) is 10.7. The number of rotatable bonds is 1. The number of benzene rings is 1. The maximum atomic E-state index is 10.8. The predicted octanol–water partition coefficient (Wildman–Crippen LogP) is 1.79. The van der Waals surface area contributed by atoms with Crippen molar-refractivity contribution >= 4 is 12.4 Å². The van der Waals surface area contributed by atoms with E-state index >= 15 is 0 Å². The number of aliphatic imine (C=N–C) groups is 1. The van der Waals surface area contributed by atoms with Crippen molar-refractivity contribution in [3.05, 3.63) is 35.9 Å². The molecule has 1 aromatic rings. The van der Waals surface area contributed by atoms with Crippen LogP contribution in [0.2, 0.25) is 0 Å². The largest absolute Gasteiger partial charge is 0.465 e. The lowest BCUT2D eigenvalue weighted by Crippen LogP contribution is -2.36. The van der Waals surface area contributed by atoms with E-state index in [1.807, 2.05) is 30.3 Å². The second kappa shape index (κ2) is 4.13. The molecule has 0 radical (unpaired) electrons. The number of amides is 1. The van der Waals surface area contributed by atoms with Gasteiger partial charge in [-0.1, -0.05) is 30.3 Å². The molecule has 0 saturated heterocycles. The lowest BCUT2D eigenvalue weighted by Gasteiger charge is -2.25. The van der Waals surface area contributed by atoms with Crippen molar-refractivity contribution in [2.75, 3.05) is 13.1 Å². The molecule has 1 heterocycles. The lowest BCUT2D eigenvalue weighted by molar-refractivity contribution is 0.167. The van der Waals surface area contributed by atoms with Gasteiger partial charge < -0.3 is 5.11 Å².